The number of hydrogen-bond acceptors (Lipinski definition) is 3. The van der Waals surface area contributed by atoms with Gasteiger partial charge in [0, 0.05) is 21.8 Å². The van der Waals surface area contributed by atoms with E-state index < -0.39 is 11.9 Å². The first-order valence-electron chi connectivity index (χ1n) is 8.04. The summed E-state index contributed by atoms with van der Waals surface area (Å²) in [6.45, 7) is -0.232. The van der Waals surface area contributed by atoms with Gasteiger partial charge in [-0.2, -0.15) is 0 Å². The summed E-state index contributed by atoms with van der Waals surface area (Å²) in [5, 5.41) is 7.41. The molecular formula is C18H19ClN2O3. The molecule has 3 rings (SSSR count). The molecule has 0 heterocycles. The fraction of sp³-hybridized carbons (Fsp3) is 0.333. The van der Waals surface area contributed by atoms with Gasteiger partial charge >= 0.3 is 6.03 Å². The number of halogens is 1. The van der Waals surface area contributed by atoms with Gasteiger partial charge in [-0.15, -0.1) is 0 Å². The van der Waals surface area contributed by atoms with E-state index in [2.05, 4.69) is 10.6 Å². The fourth-order valence-corrected chi connectivity index (χ4v) is 3.19. The molecular weight excluding hydrogens is 328 g/mol. The molecule has 0 saturated heterocycles. The Hall–Kier alpha value is -2.27. The van der Waals surface area contributed by atoms with E-state index in [-0.39, 0.29) is 12.6 Å². The van der Waals surface area contributed by atoms with E-state index in [0.29, 0.717) is 10.8 Å². The molecule has 2 aromatic rings. The fourth-order valence-electron chi connectivity index (χ4n) is 2.96. The van der Waals surface area contributed by atoms with Crippen LogP contribution in [0.2, 0.25) is 5.02 Å². The van der Waals surface area contributed by atoms with Crippen molar-refractivity contribution < 1.29 is 14.3 Å². The molecule has 0 aliphatic heterocycles. The maximum absolute atomic E-state index is 11.9. The smallest absolute Gasteiger partial charge is 0.321 e. The maximum Gasteiger partial charge on any atom is 0.321 e. The van der Waals surface area contributed by atoms with Crippen molar-refractivity contribution in [2.24, 2.45) is 0 Å². The van der Waals surface area contributed by atoms with Crippen molar-refractivity contribution in [2.75, 3.05) is 6.61 Å². The Balaban J connectivity index is 1.56. The average molecular weight is 347 g/mol. The summed E-state index contributed by atoms with van der Waals surface area (Å²) in [6.07, 6.45) is 4.17. The third-order valence-corrected chi connectivity index (χ3v) is 4.46. The van der Waals surface area contributed by atoms with E-state index in [4.69, 9.17) is 16.3 Å². The van der Waals surface area contributed by atoms with Crippen molar-refractivity contribution in [3.05, 3.63) is 41.4 Å². The van der Waals surface area contributed by atoms with Crippen LogP contribution < -0.4 is 15.4 Å². The summed E-state index contributed by atoms with van der Waals surface area (Å²) in [5.41, 5.74) is 0. The van der Waals surface area contributed by atoms with Crippen LogP contribution in [0.25, 0.3) is 10.8 Å². The summed E-state index contributed by atoms with van der Waals surface area (Å²) in [4.78, 5) is 23.6. The van der Waals surface area contributed by atoms with Gasteiger partial charge < -0.3 is 10.1 Å². The SMILES string of the molecule is O=C(COc1ccc(Cl)c2ccccc12)NC(=O)NC1CCCC1. The summed E-state index contributed by atoms with van der Waals surface area (Å²) in [7, 11) is 0. The molecule has 24 heavy (non-hydrogen) atoms. The largest absolute Gasteiger partial charge is 0.483 e. The Bertz CT molecular complexity index is 757. The van der Waals surface area contributed by atoms with Crippen LogP contribution in [0.3, 0.4) is 0 Å². The number of carbonyl (C=O) groups excluding carboxylic acids is 2. The van der Waals surface area contributed by atoms with Gasteiger partial charge in [0.2, 0.25) is 0 Å². The van der Waals surface area contributed by atoms with Crippen LogP contribution in [0.5, 0.6) is 5.75 Å². The second kappa shape index (κ2) is 7.53. The lowest BCUT2D eigenvalue weighted by atomic mass is 10.1. The highest BCUT2D eigenvalue weighted by molar-refractivity contribution is 6.35. The van der Waals surface area contributed by atoms with Crippen LogP contribution in [-0.4, -0.2) is 24.6 Å². The predicted octanol–water partition coefficient (Wildman–Crippen LogP) is 3.64. The Morgan fingerprint density at radius 2 is 1.79 bits per heavy atom. The zero-order valence-corrected chi connectivity index (χ0v) is 13.9. The van der Waals surface area contributed by atoms with Gasteiger partial charge in [-0.1, -0.05) is 48.7 Å². The normalized spacial score (nSPS) is 14.5. The molecule has 6 heteroatoms. The van der Waals surface area contributed by atoms with E-state index in [1.807, 2.05) is 24.3 Å². The number of hydrogen-bond donors (Lipinski definition) is 2. The number of benzene rings is 2. The number of carbonyl (C=O) groups is 2. The number of nitrogens with one attached hydrogen (secondary N) is 2. The minimum atomic E-state index is -0.482. The second-order valence-electron chi connectivity index (χ2n) is 5.88. The third kappa shape index (κ3) is 3.97. The highest BCUT2D eigenvalue weighted by atomic mass is 35.5. The summed E-state index contributed by atoms with van der Waals surface area (Å²) in [6, 6.07) is 10.7. The van der Waals surface area contributed by atoms with Crippen molar-refractivity contribution in [3.8, 4) is 5.75 Å². The third-order valence-electron chi connectivity index (χ3n) is 4.13. The summed E-state index contributed by atoms with van der Waals surface area (Å²) in [5.74, 6) is 0.0749. The molecule has 0 aromatic heterocycles. The van der Waals surface area contributed by atoms with E-state index in [9.17, 15) is 9.59 Å². The van der Waals surface area contributed by atoms with E-state index in [1.165, 1.54) is 0 Å². The van der Waals surface area contributed by atoms with Gasteiger partial charge in [0.25, 0.3) is 5.91 Å². The Morgan fingerprint density at radius 1 is 1.08 bits per heavy atom. The Kier molecular flexibility index (Phi) is 5.20. The van der Waals surface area contributed by atoms with Gasteiger partial charge in [0.15, 0.2) is 6.61 Å². The van der Waals surface area contributed by atoms with Crippen LogP contribution in [-0.2, 0) is 4.79 Å². The van der Waals surface area contributed by atoms with Gasteiger partial charge in [-0.25, -0.2) is 4.79 Å². The first-order chi connectivity index (χ1) is 11.6. The molecule has 0 unspecified atom stereocenters. The first kappa shape index (κ1) is 16.6. The molecule has 0 radical (unpaired) electrons. The lowest BCUT2D eigenvalue weighted by molar-refractivity contribution is -0.121. The van der Waals surface area contributed by atoms with Crippen LogP contribution in [0.1, 0.15) is 25.7 Å². The monoisotopic (exact) mass is 346 g/mol. The summed E-state index contributed by atoms with van der Waals surface area (Å²) < 4.78 is 5.56. The van der Waals surface area contributed by atoms with Crippen molar-refractivity contribution >= 4 is 34.3 Å². The first-order valence-corrected chi connectivity index (χ1v) is 8.41. The topological polar surface area (TPSA) is 67.4 Å². The molecule has 3 amide bonds. The highest BCUT2D eigenvalue weighted by Crippen LogP contribution is 2.31. The molecule has 5 nitrogen and oxygen atoms in total. The molecule has 2 N–H and O–H groups in total. The molecule has 1 fully saturated rings. The lowest BCUT2D eigenvalue weighted by Crippen LogP contribution is -2.45. The van der Waals surface area contributed by atoms with Crippen LogP contribution in [0.15, 0.2) is 36.4 Å². The predicted molar refractivity (Wildman–Crippen MR) is 93.4 cm³/mol. The minimum absolute atomic E-state index is 0.166. The van der Waals surface area contributed by atoms with Crippen molar-refractivity contribution in [1.29, 1.82) is 0 Å². The van der Waals surface area contributed by atoms with Crippen LogP contribution in [0, 0.1) is 0 Å². The van der Waals surface area contributed by atoms with E-state index in [0.717, 1.165) is 36.5 Å². The minimum Gasteiger partial charge on any atom is -0.483 e. The maximum atomic E-state index is 11.9. The number of amides is 3. The molecule has 126 valence electrons. The zero-order valence-electron chi connectivity index (χ0n) is 13.2. The molecule has 1 saturated carbocycles. The van der Waals surface area contributed by atoms with Crippen molar-refractivity contribution in [2.45, 2.75) is 31.7 Å². The zero-order chi connectivity index (χ0) is 16.9. The lowest BCUT2D eigenvalue weighted by Gasteiger charge is -2.13. The standard InChI is InChI=1S/C18H19ClN2O3/c19-15-9-10-16(14-8-4-3-7-13(14)15)24-11-17(22)21-18(23)20-12-5-1-2-6-12/h3-4,7-10,12H,1-2,5-6,11H2,(H2,20,21,22,23). The van der Waals surface area contributed by atoms with Crippen LogP contribution >= 0.6 is 11.6 Å². The molecule has 1 aliphatic rings. The Morgan fingerprint density at radius 3 is 2.54 bits per heavy atom. The van der Waals surface area contributed by atoms with Crippen LogP contribution in [0.4, 0.5) is 4.79 Å². The molecule has 0 bridgehead atoms. The second-order valence-corrected chi connectivity index (χ2v) is 6.29. The number of rotatable bonds is 4. The highest BCUT2D eigenvalue weighted by Gasteiger charge is 2.18. The van der Waals surface area contributed by atoms with Gasteiger partial charge in [0.05, 0.1) is 0 Å². The Labute approximate surface area is 145 Å². The van der Waals surface area contributed by atoms with E-state index in [1.54, 1.807) is 12.1 Å². The van der Waals surface area contributed by atoms with Crippen molar-refractivity contribution in [3.63, 3.8) is 0 Å². The summed E-state index contributed by atoms with van der Waals surface area (Å²) >= 11 is 6.15. The number of fused-ring (bicyclic) bond motifs is 1. The van der Waals surface area contributed by atoms with Gasteiger partial charge in [-0.3, -0.25) is 10.1 Å². The van der Waals surface area contributed by atoms with Gasteiger partial charge in [-0.05, 0) is 25.0 Å². The van der Waals surface area contributed by atoms with Crippen molar-refractivity contribution in [1.82, 2.24) is 10.6 Å². The number of imide groups is 1. The quantitative estimate of drug-likeness (QED) is 0.888. The molecule has 1 aliphatic carbocycles. The number of ether oxygens (including phenoxy) is 1. The average Bonchev–Trinajstić information content (AvgIpc) is 3.07. The van der Waals surface area contributed by atoms with Gasteiger partial charge in [0.1, 0.15) is 5.75 Å². The molecule has 0 atom stereocenters. The number of urea groups is 1. The molecule has 2 aromatic carbocycles. The molecule has 0 spiro atoms. The van der Waals surface area contributed by atoms with E-state index >= 15 is 0 Å².